The minimum atomic E-state index is 0.210. The van der Waals surface area contributed by atoms with Crippen LogP contribution in [0.2, 0.25) is 0 Å². The molecular weight excluding hydrogens is 418 g/mol. The Labute approximate surface area is 193 Å². The molecule has 33 heavy (non-hydrogen) atoms. The van der Waals surface area contributed by atoms with Gasteiger partial charge in [0.05, 0.1) is 39.8 Å². The minimum absolute atomic E-state index is 0.210. The number of rotatable bonds is 7. The summed E-state index contributed by atoms with van der Waals surface area (Å²) in [6, 6.07) is 22.3. The first-order chi connectivity index (χ1) is 16.1. The Morgan fingerprint density at radius 3 is 1.45 bits per heavy atom. The number of hydrogen-bond donors (Lipinski definition) is 1. The van der Waals surface area contributed by atoms with Gasteiger partial charge in [-0.15, -0.1) is 0 Å². The van der Waals surface area contributed by atoms with Gasteiger partial charge in [0.15, 0.2) is 0 Å². The molecule has 1 N–H and O–H groups in total. The normalized spacial score (nSPS) is 10.5. The molecule has 0 saturated carbocycles. The summed E-state index contributed by atoms with van der Waals surface area (Å²) < 4.78 is 21.9. The number of pyridine rings is 1. The van der Waals surface area contributed by atoms with Gasteiger partial charge < -0.3 is 24.1 Å². The van der Waals surface area contributed by atoms with Gasteiger partial charge in [-0.05, 0) is 59.7 Å². The van der Waals surface area contributed by atoms with Crippen LogP contribution >= 0.6 is 0 Å². The van der Waals surface area contributed by atoms with E-state index < -0.39 is 0 Å². The van der Waals surface area contributed by atoms with Crippen molar-refractivity contribution in [2.75, 3.05) is 28.4 Å². The molecule has 1 aromatic heterocycles. The Balaban J connectivity index is 1.95. The van der Waals surface area contributed by atoms with Crippen LogP contribution in [0.1, 0.15) is 0 Å². The molecule has 1 heterocycles. The average molecular weight is 443 g/mol. The smallest absolute Gasteiger partial charge is 0.131 e. The number of phenols is 1. The van der Waals surface area contributed by atoms with Crippen molar-refractivity contribution in [3.63, 3.8) is 0 Å². The van der Waals surface area contributed by atoms with Crippen LogP contribution in [0.25, 0.3) is 33.6 Å². The fourth-order valence-corrected chi connectivity index (χ4v) is 3.65. The first-order valence-corrected chi connectivity index (χ1v) is 10.3. The van der Waals surface area contributed by atoms with E-state index in [1.165, 1.54) is 0 Å². The third-order valence-corrected chi connectivity index (χ3v) is 5.40. The molecule has 0 amide bonds. The summed E-state index contributed by atoms with van der Waals surface area (Å²) in [4.78, 5) is 4.95. The SMILES string of the molecule is COc1ccc(-c2cc(-c3ccc(O)cc3)cc(-c3ccc(OC)cc3OC)n2)c(OC)c1. The summed E-state index contributed by atoms with van der Waals surface area (Å²) in [6.45, 7) is 0. The highest BCUT2D eigenvalue weighted by molar-refractivity contribution is 5.80. The molecule has 6 nitrogen and oxygen atoms in total. The van der Waals surface area contributed by atoms with Gasteiger partial charge in [0.1, 0.15) is 28.7 Å². The quantitative estimate of drug-likeness (QED) is 0.388. The Kier molecular flexibility index (Phi) is 6.36. The Morgan fingerprint density at radius 1 is 0.545 bits per heavy atom. The number of ether oxygens (including phenoxy) is 4. The number of nitrogens with zero attached hydrogens (tertiary/aromatic N) is 1. The first kappa shape index (κ1) is 22.0. The fraction of sp³-hybridized carbons (Fsp3) is 0.148. The summed E-state index contributed by atoms with van der Waals surface area (Å²) in [5.74, 6) is 2.90. The minimum Gasteiger partial charge on any atom is -0.508 e. The number of aromatic nitrogens is 1. The molecule has 0 spiro atoms. The van der Waals surface area contributed by atoms with Crippen molar-refractivity contribution in [3.8, 4) is 62.4 Å². The third-order valence-electron chi connectivity index (χ3n) is 5.40. The number of phenolic OH excluding ortho intramolecular Hbond substituents is 1. The van der Waals surface area contributed by atoms with E-state index in [9.17, 15) is 5.11 Å². The first-order valence-electron chi connectivity index (χ1n) is 10.3. The van der Waals surface area contributed by atoms with Crippen molar-refractivity contribution >= 4 is 0 Å². The average Bonchev–Trinajstić information content (AvgIpc) is 2.87. The molecular formula is C27H25NO5. The van der Waals surface area contributed by atoms with Crippen molar-refractivity contribution < 1.29 is 24.1 Å². The lowest BCUT2D eigenvalue weighted by Crippen LogP contribution is -1.96. The molecule has 0 aliphatic rings. The van der Waals surface area contributed by atoms with Crippen molar-refractivity contribution in [3.05, 3.63) is 72.8 Å². The highest BCUT2D eigenvalue weighted by Crippen LogP contribution is 2.39. The molecule has 168 valence electrons. The summed E-state index contributed by atoms with van der Waals surface area (Å²) in [5.41, 5.74) is 4.99. The zero-order valence-electron chi connectivity index (χ0n) is 19.0. The van der Waals surface area contributed by atoms with E-state index in [4.69, 9.17) is 23.9 Å². The van der Waals surface area contributed by atoms with Gasteiger partial charge in [-0.2, -0.15) is 0 Å². The summed E-state index contributed by atoms with van der Waals surface area (Å²) >= 11 is 0. The standard InChI is InChI=1S/C27H25NO5/c1-30-20-9-11-22(26(15-20)32-3)24-13-18(17-5-7-19(29)8-6-17)14-25(28-24)23-12-10-21(31-2)16-27(23)33-4/h5-16,29H,1-4H3. The monoisotopic (exact) mass is 443 g/mol. The van der Waals surface area contributed by atoms with Crippen molar-refractivity contribution in [1.29, 1.82) is 0 Å². The maximum atomic E-state index is 9.74. The van der Waals surface area contributed by atoms with Crippen molar-refractivity contribution in [2.45, 2.75) is 0 Å². The van der Waals surface area contributed by atoms with Gasteiger partial charge in [0, 0.05) is 23.3 Å². The van der Waals surface area contributed by atoms with Crippen LogP contribution in [-0.2, 0) is 0 Å². The molecule has 6 heteroatoms. The van der Waals surface area contributed by atoms with Crippen LogP contribution in [0.15, 0.2) is 72.8 Å². The molecule has 3 aromatic carbocycles. The molecule has 0 aliphatic heterocycles. The van der Waals surface area contributed by atoms with E-state index in [0.717, 1.165) is 33.6 Å². The summed E-state index contributed by atoms with van der Waals surface area (Å²) in [6.07, 6.45) is 0. The third kappa shape index (κ3) is 4.55. The molecule has 0 aliphatic carbocycles. The van der Waals surface area contributed by atoms with E-state index >= 15 is 0 Å². The molecule has 0 atom stereocenters. The van der Waals surface area contributed by atoms with E-state index in [0.29, 0.717) is 23.0 Å². The molecule has 0 fully saturated rings. The number of benzene rings is 3. The van der Waals surface area contributed by atoms with E-state index in [-0.39, 0.29) is 5.75 Å². The zero-order chi connectivity index (χ0) is 23.4. The molecule has 0 unspecified atom stereocenters. The van der Waals surface area contributed by atoms with Gasteiger partial charge in [0.25, 0.3) is 0 Å². The second-order valence-electron chi connectivity index (χ2n) is 7.31. The number of hydrogen-bond acceptors (Lipinski definition) is 6. The largest absolute Gasteiger partial charge is 0.508 e. The van der Waals surface area contributed by atoms with Crippen LogP contribution < -0.4 is 18.9 Å². The Morgan fingerprint density at radius 2 is 1.03 bits per heavy atom. The Hall–Kier alpha value is -4.19. The molecule has 0 bridgehead atoms. The maximum Gasteiger partial charge on any atom is 0.131 e. The lowest BCUT2D eigenvalue weighted by Gasteiger charge is -2.15. The lowest BCUT2D eigenvalue weighted by atomic mass is 9.99. The van der Waals surface area contributed by atoms with Crippen LogP contribution in [0.5, 0.6) is 28.7 Å². The van der Waals surface area contributed by atoms with Crippen molar-refractivity contribution in [2.24, 2.45) is 0 Å². The number of aromatic hydroxyl groups is 1. The van der Waals surface area contributed by atoms with Gasteiger partial charge in [-0.25, -0.2) is 4.98 Å². The number of methoxy groups -OCH3 is 4. The van der Waals surface area contributed by atoms with Gasteiger partial charge in [-0.1, -0.05) is 12.1 Å². The lowest BCUT2D eigenvalue weighted by molar-refractivity contribution is 0.395. The van der Waals surface area contributed by atoms with Crippen LogP contribution in [0.4, 0.5) is 0 Å². The predicted molar refractivity (Wildman–Crippen MR) is 128 cm³/mol. The molecule has 4 rings (SSSR count). The highest BCUT2D eigenvalue weighted by atomic mass is 16.5. The second kappa shape index (κ2) is 9.53. The van der Waals surface area contributed by atoms with Crippen LogP contribution in [-0.4, -0.2) is 38.5 Å². The highest BCUT2D eigenvalue weighted by Gasteiger charge is 2.16. The van der Waals surface area contributed by atoms with Crippen LogP contribution in [0.3, 0.4) is 0 Å². The van der Waals surface area contributed by atoms with Crippen LogP contribution in [0, 0.1) is 0 Å². The predicted octanol–water partition coefficient (Wildman–Crippen LogP) is 5.82. The fourth-order valence-electron chi connectivity index (χ4n) is 3.65. The zero-order valence-corrected chi connectivity index (χ0v) is 19.0. The van der Waals surface area contributed by atoms with E-state index in [1.807, 2.05) is 60.7 Å². The van der Waals surface area contributed by atoms with Crippen molar-refractivity contribution in [1.82, 2.24) is 4.98 Å². The van der Waals surface area contributed by atoms with Gasteiger partial charge in [0.2, 0.25) is 0 Å². The molecule has 0 radical (unpaired) electrons. The maximum absolute atomic E-state index is 9.74. The molecule has 0 saturated heterocycles. The second-order valence-corrected chi connectivity index (χ2v) is 7.31. The van der Waals surface area contributed by atoms with Gasteiger partial charge >= 0.3 is 0 Å². The summed E-state index contributed by atoms with van der Waals surface area (Å²) in [5, 5.41) is 9.74. The molecule has 4 aromatic rings. The van der Waals surface area contributed by atoms with E-state index in [1.54, 1.807) is 40.6 Å². The summed E-state index contributed by atoms with van der Waals surface area (Å²) in [7, 11) is 6.48. The topological polar surface area (TPSA) is 70.0 Å². The Bertz CT molecular complexity index is 1190. The van der Waals surface area contributed by atoms with E-state index in [2.05, 4.69) is 0 Å². The van der Waals surface area contributed by atoms with Gasteiger partial charge in [-0.3, -0.25) is 0 Å².